The highest BCUT2D eigenvalue weighted by Gasteiger charge is 2.35. The second-order valence-electron chi connectivity index (χ2n) is 6.75. The van der Waals surface area contributed by atoms with Crippen LogP contribution in [0.3, 0.4) is 0 Å². The summed E-state index contributed by atoms with van der Waals surface area (Å²) in [5.74, 6) is 0.775. The average molecular weight is 400 g/mol. The van der Waals surface area contributed by atoms with E-state index >= 15 is 0 Å². The number of nitrogens with two attached hydrogens (primary N) is 1. The molecule has 2 heterocycles. The Morgan fingerprint density at radius 2 is 1.89 bits per heavy atom. The fourth-order valence-electron chi connectivity index (χ4n) is 3.19. The van der Waals surface area contributed by atoms with Gasteiger partial charge >= 0.3 is 0 Å². The SMILES string of the molecule is O=C(NCc1ccc(-c2nc(-c3ccc(Cl)cc3)no2)cc1)[C@H]1[NH2+]CC[C@@H]1O. The van der Waals surface area contributed by atoms with Crippen LogP contribution < -0.4 is 10.6 Å². The van der Waals surface area contributed by atoms with Crippen LogP contribution in [0.1, 0.15) is 12.0 Å². The predicted molar refractivity (Wildman–Crippen MR) is 103 cm³/mol. The summed E-state index contributed by atoms with van der Waals surface area (Å²) < 4.78 is 5.36. The normalized spacial score (nSPS) is 18.9. The molecule has 0 spiro atoms. The molecule has 4 rings (SSSR count). The monoisotopic (exact) mass is 399 g/mol. The number of hydrogen-bond donors (Lipinski definition) is 3. The van der Waals surface area contributed by atoms with Gasteiger partial charge in [-0.05, 0) is 42.0 Å². The highest BCUT2D eigenvalue weighted by Crippen LogP contribution is 2.23. The number of nitrogens with zero attached hydrogens (tertiary/aromatic N) is 2. The summed E-state index contributed by atoms with van der Waals surface area (Å²) in [5, 5.41) is 19.2. The van der Waals surface area contributed by atoms with Crippen LogP contribution in [0, 0.1) is 0 Å². The Labute approximate surface area is 166 Å². The second-order valence-corrected chi connectivity index (χ2v) is 7.19. The minimum atomic E-state index is -0.574. The lowest BCUT2D eigenvalue weighted by molar-refractivity contribution is -0.660. The van der Waals surface area contributed by atoms with Crippen LogP contribution in [0.2, 0.25) is 5.02 Å². The molecule has 1 aromatic heterocycles. The third-order valence-corrected chi connectivity index (χ3v) is 5.05. The second kappa shape index (κ2) is 8.10. The summed E-state index contributed by atoms with van der Waals surface area (Å²) in [6.45, 7) is 1.17. The first kappa shape index (κ1) is 18.6. The van der Waals surface area contributed by atoms with E-state index in [2.05, 4.69) is 15.5 Å². The quantitative estimate of drug-likeness (QED) is 0.601. The van der Waals surface area contributed by atoms with E-state index in [1.807, 2.05) is 41.7 Å². The van der Waals surface area contributed by atoms with E-state index in [-0.39, 0.29) is 5.91 Å². The number of carbonyl (C=O) groups excluding carboxylic acids is 1. The Morgan fingerprint density at radius 3 is 2.57 bits per heavy atom. The molecule has 1 aliphatic heterocycles. The van der Waals surface area contributed by atoms with Gasteiger partial charge in [0.15, 0.2) is 6.04 Å². The lowest BCUT2D eigenvalue weighted by Gasteiger charge is -2.11. The number of carbonyl (C=O) groups is 1. The van der Waals surface area contributed by atoms with E-state index < -0.39 is 12.1 Å². The Balaban J connectivity index is 1.39. The summed E-state index contributed by atoms with van der Waals surface area (Å²) in [7, 11) is 0. The predicted octanol–water partition coefficient (Wildman–Crippen LogP) is 1.37. The highest BCUT2D eigenvalue weighted by atomic mass is 35.5. The molecule has 3 aromatic rings. The molecule has 2 aromatic carbocycles. The van der Waals surface area contributed by atoms with E-state index in [0.29, 0.717) is 29.7 Å². The van der Waals surface area contributed by atoms with Crippen molar-refractivity contribution in [3.63, 3.8) is 0 Å². The Morgan fingerprint density at radius 1 is 1.18 bits per heavy atom. The number of hydrogen-bond acceptors (Lipinski definition) is 5. The van der Waals surface area contributed by atoms with E-state index in [0.717, 1.165) is 23.2 Å². The largest absolute Gasteiger partial charge is 0.386 e. The molecule has 0 aliphatic carbocycles. The zero-order chi connectivity index (χ0) is 19.5. The topological polar surface area (TPSA) is 105 Å². The number of aliphatic hydroxyl groups is 1. The lowest BCUT2D eigenvalue weighted by atomic mass is 10.1. The molecule has 1 saturated heterocycles. The third kappa shape index (κ3) is 4.06. The number of amides is 1. The molecule has 0 saturated carbocycles. The Hall–Kier alpha value is -2.74. The summed E-state index contributed by atoms with van der Waals surface area (Å²) in [6.07, 6.45) is 0.0735. The molecular weight excluding hydrogens is 380 g/mol. The van der Waals surface area contributed by atoms with Gasteiger partial charge in [-0.1, -0.05) is 28.9 Å². The van der Waals surface area contributed by atoms with Crippen molar-refractivity contribution in [3.8, 4) is 22.8 Å². The van der Waals surface area contributed by atoms with Crippen LogP contribution in [-0.2, 0) is 11.3 Å². The molecule has 1 aliphatic rings. The molecular formula is C20H20ClN4O3+. The first-order valence-corrected chi connectivity index (χ1v) is 9.46. The number of aliphatic hydroxyl groups excluding tert-OH is 1. The number of nitrogens with one attached hydrogen (secondary N) is 1. The summed E-state index contributed by atoms with van der Waals surface area (Å²) in [6, 6.07) is 14.4. The summed E-state index contributed by atoms with van der Waals surface area (Å²) in [5.41, 5.74) is 2.56. The number of benzene rings is 2. The summed E-state index contributed by atoms with van der Waals surface area (Å²) >= 11 is 5.90. The van der Waals surface area contributed by atoms with Crippen LogP contribution >= 0.6 is 11.6 Å². The molecule has 0 unspecified atom stereocenters. The van der Waals surface area contributed by atoms with Gasteiger partial charge in [-0.15, -0.1) is 0 Å². The fraction of sp³-hybridized carbons (Fsp3) is 0.250. The maximum absolute atomic E-state index is 12.1. The van der Waals surface area contributed by atoms with Crippen molar-refractivity contribution < 1.29 is 19.7 Å². The molecule has 0 bridgehead atoms. The van der Waals surface area contributed by atoms with Crippen molar-refractivity contribution in [3.05, 3.63) is 59.1 Å². The highest BCUT2D eigenvalue weighted by molar-refractivity contribution is 6.30. The zero-order valence-corrected chi connectivity index (χ0v) is 15.8. The van der Waals surface area contributed by atoms with Crippen molar-refractivity contribution >= 4 is 17.5 Å². The molecule has 8 heteroatoms. The molecule has 4 N–H and O–H groups in total. The Bertz CT molecular complexity index is 956. The van der Waals surface area contributed by atoms with Crippen molar-refractivity contribution in [1.29, 1.82) is 0 Å². The molecule has 0 radical (unpaired) electrons. The third-order valence-electron chi connectivity index (χ3n) is 4.80. The van der Waals surface area contributed by atoms with Crippen LogP contribution in [0.15, 0.2) is 53.1 Å². The van der Waals surface area contributed by atoms with E-state index in [1.54, 1.807) is 12.1 Å². The van der Waals surface area contributed by atoms with Gasteiger partial charge in [0.05, 0.1) is 6.54 Å². The standard InChI is InChI=1S/C20H19ClN4O3/c21-15-7-5-13(6-8-15)18-24-20(28-25-18)14-3-1-12(2-4-14)11-23-19(27)17-16(26)9-10-22-17/h1-8,16-17,22,26H,9-11H2,(H,23,27)/p+1/t16-,17-/m0/s1. The number of rotatable bonds is 5. The van der Waals surface area contributed by atoms with Gasteiger partial charge in [0.25, 0.3) is 11.8 Å². The van der Waals surface area contributed by atoms with E-state index in [4.69, 9.17) is 16.1 Å². The Kier molecular flexibility index (Phi) is 5.38. The minimum Gasteiger partial charge on any atom is -0.386 e. The molecule has 2 atom stereocenters. The molecule has 1 fully saturated rings. The van der Waals surface area contributed by atoms with Crippen LogP contribution in [0.5, 0.6) is 0 Å². The molecule has 7 nitrogen and oxygen atoms in total. The maximum atomic E-state index is 12.1. The lowest BCUT2D eigenvalue weighted by Crippen LogP contribution is -2.90. The maximum Gasteiger partial charge on any atom is 0.281 e. The first-order valence-electron chi connectivity index (χ1n) is 9.08. The zero-order valence-electron chi connectivity index (χ0n) is 15.0. The van der Waals surface area contributed by atoms with Crippen molar-refractivity contribution in [2.24, 2.45) is 0 Å². The number of halogens is 1. The van der Waals surface area contributed by atoms with Gasteiger partial charge < -0.3 is 20.3 Å². The van der Waals surface area contributed by atoms with Crippen molar-refractivity contribution in [2.45, 2.75) is 25.1 Å². The number of aromatic nitrogens is 2. The van der Waals surface area contributed by atoms with E-state index in [9.17, 15) is 9.90 Å². The van der Waals surface area contributed by atoms with Gasteiger partial charge in [-0.3, -0.25) is 4.79 Å². The molecule has 28 heavy (non-hydrogen) atoms. The molecule has 144 valence electrons. The van der Waals surface area contributed by atoms with Crippen molar-refractivity contribution in [1.82, 2.24) is 15.5 Å². The fourth-order valence-corrected chi connectivity index (χ4v) is 3.32. The van der Waals surface area contributed by atoms with Gasteiger partial charge in [-0.25, -0.2) is 0 Å². The van der Waals surface area contributed by atoms with Crippen molar-refractivity contribution in [2.75, 3.05) is 6.54 Å². The van der Waals surface area contributed by atoms with Gasteiger partial charge in [0.2, 0.25) is 5.82 Å². The van der Waals surface area contributed by atoms with Crippen LogP contribution in [0.25, 0.3) is 22.8 Å². The van der Waals surface area contributed by atoms with Crippen LogP contribution in [-0.4, -0.2) is 39.8 Å². The van der Waals surface area contributed by atoms with Crippen LogP contribution in [0.4, 0.5) is 0 Å². The van der Waals surface area contributed by atoms with Gasteiger partial charge in [0.1, 0.15) is 6.10 Å². The van der Waals surface area contributed by atoms with Gasteiger partial charge in [-0.2, -0.15) is 4.98 Å². The number of quaternary nitrogens is 1. The van der Waals surface area contributed by atoms with Gasteiger partial charge in [0, 0.05) is 29.1 Å². The van der Waals surface area contributed by atoms with E-state index in [1.165, 1.54) is 0 Å². The first-order chi connectivity index (χ1) is 13.6. The smallest absolute Gasteiger partial charge is 0.281 e. The molecule has 1 amide bonds. The average Bonchev–Trinajstić information content (AvgIpc) is 3.36. The summed E-state index contributed by atoms with van der Waals surface area (Å²) in [4.78, 5) is 16.6. The minimum absolute atomic E-state index is 0.140.